The molecular weight excluding hydrogens is 312 g/mol. The molecule has 0 N–H and O–H groups in total. The van der Waals surface area contributed by atoms with E-state index in [0.29, 0.717) is 11.6 Å². The Morgan fingerprint density at radius 3 is 2.43 bits per heavy atom. The number of hydrogen-bond donors (Lipinski definition) is 0. The van der Waals surface area contributed by atoms with E-state index < -0.39 is 5.60 Å². The summed E-state index contributed by atoms with van der Waals surface area (Å²) in [5, 5.41) is 0. The summed E-state index contributed by atoms with van der Waals surface area (Å²) in [4.78, 5) is 14.2. The molecule has 0 saturated carbocycles. The van der Waals surface area contributed by atoms with Gasteiger partial charge >= 0.3 is 5.97 Å². The van der Waals surface area contributed by atoms with Crippen LogP contribution < -0.4 is 4.18 Å². The lowest BCUT2D eigenvalue weighted by molar-refractivity contribution is 0.00695. The van der Waals surface area contributed by atoms with Gasteiger partial charge in [0.15, 0.2) is 0 Å². The summed E-state index contributed by atoms with van der Waals surface area (Å²) < 4.78 is 13.3. The van der Waals surface area contributed by atoms with Crippen molar-refractivity contribution in [2.24, 2.45) is 0 Å². The van der Waals surface area contributed by atoms with E-state index in [1.165, 1.54) is 12.2 Å². The van der Waals surface area contributed by atoms with Crippen LogP contribution in [0.3, 0.4) is 0 Å². The zero-order chi connectivity index (χ0) is 17.0. The van der Waals surface area contributed by atoms with Gasteiger partial charge in [-0.25, -0.2) is 9.10 Å². The second kappa shape index (κ2) is 7.55. The van der Waals surface area contributed by atoms with Crippen LogP contribution in [0.5, 0.6) is 5.75 Å². The minimum absolute atomic E-state index is 0.315. The Morgan fingerprint density at radius 2 is 1.91 bits per heavy atom. The van der Waals surface area contributed by atoms with Gasteiger partial charge in [0.05, 0.1) is 5.56 Å². The van der Waals surface area contributed by atoms with E-state index in [-0.39, 0.29) is 5.97 Å². The van der Waals surface area contributed by atoms with E-state index in [9.17, 15) is 4.79 Å². The van der Waals surface area contributed by atoms with Gasteiger partial charge in [0.25, 0.3) is 0 Å². The predicted octanol–water partition coefficient (Wildman–Crippen LogP) is 3.22. The number of hydrogen-bond acceptors (Lipinski definition) is 6. The Hall–Kier alpha value is -1.24. The third-order valence-electron chi connectivity index (χ3n) is 3.58. The maximum absolute atomic E-state index is 12.0. The summed E-state index contributed by atoms with van der Waals surface area (Å²) in [6.07, 6.45) is 1.15. The summed E-state index contributed by atoms with van der Waals surface area (Å²) >= 11 is 1.37. The van der Waals surface area contributed by atoms with Gasteiger partial charge in [-0.3, -0.25) is 0 Å². The third-order valence-corrected chi connectivity index (χ3v) is 4.39. The van der Waals surface area contributed by atoms with E-state index in [0.717, 1.165) is 25.3 Å². The lowest BCUT2D eigenvalue weighted by Gasteiger charge is -2.20. The molecule has 1 heterocycles. The van der Waals surface area contributed by atoms with Crippen LogP contribution in [0.4, 0.5) is 0 Å². The summed E-state index contributed by atoms with van der Waals surface area (Å²) in [6.45, 7) is 7.58. The molecule has 1 aliphatic heterocycles. The van der Waals surface area contributed by atoms with E-state index in [1.807, 2.05) is 20.8 Å². The molecule has 1 aliphatic rings. The molecule has 0 radical (unpaired) electrons. The zero-order valence-electron chi connectivity index (χ0n) is 14.5. The third kappa shape index (κ3) is 5.71. The number of carbonyl (C=O) groups excluding carboxylic acids is 1. The van der Waals surface area contributed by atoms with Crippen molar-refractivity contribution in [2.75, 3.05) is 27.2 Å². The van der Waals surface area contributed by atoms with Crippen LogP contribution in [-0.2, 0) is 4.74 Å². The van der Waals surface area contributed by atoms with Crippen molar-refractivity contribution >= 4 is 18.2 Å². The van der Waals surface area contributed by atoms with Crippen molar-refractivity contribution in [1.29, 1.82) is 0 Å². The van der Waals surface area contributed by atoms with E-state index >= 15 is 0 Å². The maximum atomic E-state index is 12.0. The first-order valence-corrected chi connectivity index (χ1v) is 8.54. The van der Waals surface area contributed by atoms with Gasteiger partial charge in [-0.1, -0.05) is 0 Å². The molecule has 0 amide bonds. The van der Waals surface area contributed by atoms with Gasteiger partial charge in [-0.15, -0.1) is 0 Å². The van der Waals surface area contributed by atoms with Crippen molar-refractivity contribution in [2.45, 2.75) is 38.8 Å². The molecular formula is C17H26N2O3S. The fourth-order valence-corrected chi connectivity index (χ4v) is 2.99. The molecule has 128 valence electrons. The molecule has 0 spiro atoms. The van der Waals surface area contributed by atoms with Crippen molar-refractivity contribution < 1.29 is 13.7 Å². The van der Waals surface area contributed by atoms with Crippen molar-refractivity contribution in [1.82, 2.24) is 9.21 Å². The average molecular weight is 338 g/mol. The molecule has 0 aliphatic carbocycles. The standard InChI is InChI=1S/C17H26N2O3S/c1-17(2,3)21-16(20)13-6-8-15(9-7-13)22-23-19-11-10-14(12-19)18(4)5/h6-9,14H,10-12H2,1-5H3. The van der Waals surface area contributed by atoms with Gasteiger partial charge in [0, 0.05) is 19.1 Å². The Kier molecular flexibility index (Phi) is 5.95. The number of esters is 1. The average Bonchev–Trinajstić information content (AvgIpc) is 2.93. The molecule has 0 aromatic heterocycles. The Labute approximate surface area is 143 Å². The minimum Gasteiger partial charge on any atom is -0.456 e. The second-order valence-corrected chi connectivity index (χ2v) is 7.81. The number of rotatable bonds is 5. The predicted molar refractivity (Wildman–Crippen MR) is 93.5 cm³/mol. The summed E-state index contributed by atoms with van der Waals surface area (Å²) in [6, 6.07) is 7.64. The first-order valence-electron chi connectivity index (χ1n) is 7.84. The molecule has 1 saturated heterocycles. The number of benzene rings is 1. The van der Waals surface area contributed by atoms with Gasteiger partial charge in [-0.2, -0.15) is 0 Å². The highest BCUT2D eigenvalue weighted by Gasteiger charge is 2.25. The number of carbonyl (C=O) groups is 1. The molecule has 1 fully saturated rings. The van der Waals surface area contributed by atoms with E-state index in [2.05, 4.69) is 23.3 Å². The van der Waals surface area contributed by atoms with Gasteiger partial charge in [0.1, 0.15) is 23.6 Å². The first kappa shape index (κ1) is 18.1. The fourth-order valence-electron chi connectivity index (χ4n) is 2.28. The maximum Gasteiger partial charge on any atom is 0.338 e. The summed E-state index contributed by atoms with van der Waals surface area (Å²) in [5.74, 6) is 0.417. The van der Waals surface area contributed by atoms with Gasteiger partial charge in [-0.05, 0) is 65.6 Å². The molecule has 6 heteroatoms. The highest BCUT2D eigenvalue weighted by Crippen LogP contribution is 2.25. The molecule has 23 heavy (non-hydrogen) atoms. The van der Waals surface area contributed by atoms with Crippen molar-refractivity contribution in [3.8, 4) is 5.75 Å². The van der Waals surface area contributed by atoms with Gasteiger partial charge < -0.3 is 13.8 Å². The van der Waals surface area contributed by atoms with Crippen LogP contribution in [-0.4, -0.2) is 54.0 Å². The Bertz CT molecular complexity index is 526. The highest BCUT2D eigenvalue weighted by molar-refractivity contribution is 7.92. The summed E-state index contributed by atoms with van der Waals surface area (Å²) in [5.41, 5.74) is 0.0482. The van der Waals surface area contributed by atoms with E-state index in [4.69, 9.17) is 8.92 Å². The van der Waals surface area contributed by atoms with Crippen LogP contribution in [0.15, 0.2) is 24.3 Å². The number of likely N-dealkylation sites (N-methyl/N-ethyl adjacent to an activating group) is 1. The summed E-state index contributed by atoms with van der Waals surface area (Å²) in [7, 11) is 4.21. The number of nitrogens with zero attached hydrogens (tertiary/aromatic N) is 2. The monoisotopic (exact) mass is 338 g/mol. The Morgan fingerprint density at radius 1 is 1.26 bits per heavy atom. The quantitative estimate of drug-likeness (QED) is 0.466. The molecule has 1 atom stereocenters. The lowest BCUT2D eigenvalue weighted by Crippen LogP contribution is -2.29. The topological polar surface area (TPSA) is 42.0 Å². The SMILES string of the molecule is CN(C)C1CCN(SOc2ccc(C(=O)OC(C)(C)C)cc2)C1. The van der Waals surface area contributed by atoms with Crippen molar-refractivity contribution in [3.63, 3.8) is 0 Å². The van der Waals surface area contributed by atoms with Gasteiger partial charge in [0.2, 0.25) is 0 Å². The van der Waals surface area contributed by atoms with Crippen LogP contribution in [0.2, 0.25) is 0 Å². The van der Waals surface area contributed by atoms with E-state index in [1.54, 1.807) is 24.3 Å². The largest absolute Gasteiger partial charge is 0.456 e. The zero-order valence-corrected chi connectivity index (χ0v) is 15.4. The van der Waals surface area contributed by atoms with Crippen LogP contribution in [0.25, 0.3) is 0 Å². The first-order chi connectivity index (χ1) is 10.7. The lowest BCUT2D eigenvalue weighted by atomic mass is 10.1. The van der Waals surface area contributed by atoms with Crippen LogP contribution in [0, 0.1) is 0 Å². The fraction of sp³-hybridized carbons (Fsp3) is 0.588. The highest BCUT2D eigenvalue weighted by atomic mass is 32.2. The smallest absolute Gasteiger partial charge is 0.338 e. The normalized spacial score (nSPS) is 19.1. The van der Waals surface area contributed by atoms with Crippen LogP contribution >= 0.6 is 12.2 Å². The minimum atomic E-state index is -0.485. The molecule has 2 rings (SSSR count). The molecule has 0 bridgehead atoms. The van der Waals surface area contributed by atoms with Crippen LogP contribution in [0.1, 0.15) is 37.6 Å². The number of ether oxygens (including phenoxy) is 1. The van der Waals surface area contributed by atoms with Crippen molar-refractivity contribution in [3.05, 3.63) is 29.8 Å². The second-order valence-electron chi connectivity index (χ2n) is 6.98. The molecule has 5 nitrogen and oxygen atoms in total. The molecule has 1 aromatic rings. The molecule has 1 unspecified atom stereocenters. The Balaban J connectivity index is 1.83. The molecule has 1 aromatic carbocycles.